The van der Waals surface area contributed by atoms with Gasteiger partial charge in [0.25, 0.3) is 5.91 Å². The van der Waals surface area contributed by atoms with E-state index in [4.69, 9.17) is 0 Å². The first-order chi connectivity index (χ1) is 17.0. The number of nitrogens with zero attached hydrogens (tertiary/aromatic N) is 2. The second-order valence-corrected chi connectivity index (χ2v) is 8.94. The molecule has 2 N–H and O–H groups in total. The van der Waals surface area contributed by atoms with E-state index in [1.807, 2.05) is 59.5 Å². The van der Waals surface area contributed by atoms with Crippen LogP contribution in [0.4, 0.5) is 15.8 Å². The van der Waals surface area contributed by atoms with Crippen LogP contribution in [0.25, 0.3) is 11.3 Å². The molecule has 2 aliphatic rings. The minimum Gasteiger partial charge on any atom is -0.354 e. The van der Waals surface area contributed by atoms with Crippen LogP contribution in [-0.2, 0) is 16.0 Å². The van der Waals surface area contributed by atoms with Gasteiger partial charge in [0.15, 0.2) is 0 Å². The van der Waals surface area contributed by atoms with Gasteiger partial charge in [0.05, 0.1) is 23.4 Å². The van der Waals surface area contributed by atoms with Gasteiger partial charge in [-0.05, 0) is 48.5 Å². The number of nitrogens with one attached hydrogen (secondary N) is 2. The van der Waals surface area contributed by atoms with Crippen molar-refractivity contribution in [1.29, 1.82) is 0 Å². The molecule has 1 fully saturated rings. The second-order valence-electron chi connectivity index (χ2n) is 8.94. The van der Waals surface area contributed by atoms with Crippen LogP contribution in [0.15, 0.2) is 72.8 Å². The molecule has 178 valence electrons. The molecule has 7 heteroatoms. The molecule has 2 amide bonds. The standard InChI is InChI=1S/C28H27FN4O2/c1-32-13-15-33(16-14-32)25(34)17-19-7-10-22(11-8-19)30-27(20-5-3-2-4-6-20)26-23-12-9-21(29)18-24(23)31-28(26)35/h2-12,18,30H,13-17H2,1H3,(H,31,35). The lowest BCUT2D eigenvalue weighted by atomic mass is 10.00. The smallest absolute Gasteiger partial charge is 0.258 e. The number of anilines is 2. The van der Waals surface area contributed by atoms with Crippen molar-refractivity contribution in [2.45, 2.75) is 6.42 Å². The Labute approximate surface area is 204 Å². The zero-order valence-corrected chi connectivity index (χ0v) is 19.6. The number of halogens is 1. The lowest BCUT2D eigenvalue weighted by Crippen LogP contribution is -2.47. The van der Waals surface area contributed by atoms with Crippen molar-refractivity contribution < 1.29 is 14.0 Å². The van der Waals surface area contributed by atoms with Crippen molar-refractivity contribution in [1.82, 2.24) is 9.80 Å². The maximum Gasteiger partial charge on any atom is 0.258 e. The Morgan fingerprint density at radius 2 is 1.69 bits per heavy atom. The zero-order valence-electron chi connectivity index (χ0n) is 19.6. The lowest BCUT2D eigenvalue weighted by Gasteiger charge is -2.32. The topological polar surface area (TPSA) is 64.7 Å². The average molecular weight is 471 g/mol. The summed E-state index contributed by atoms with van der Waals surface area (Å²) in [6.45, 7) is 3.32. The number of rotatable bonds is 5. The van der Waals surface area contributed by atoms with Crippen molar-refractivity contribution >= 4 is 34.5 Å². The maximum absolute atomic E-state index is 13.7. The third-order valence-corrected chi connectivity index (χ3v) is 6.47. The minimum atomic E-state index is -0.402. The molecular formula is C28H27FN4O2. The zero-order chi connectivity index (χ0) is 24.4. The van der Waals surface area contributed by atoms with E-state index in [0.717, 1.165) is 43.0 Å². The highest BCUT2D eigenvalue weighted by molar-refractivity contribution is 6.37. The molecule has 1 saturated heterocycles. The van der Waals surface area contributed by atoms with Crippen LogP contribution < -0.4 is 10.6 Å². The van der Waals surface area contributed by atoms with Crippen LogP contribution >= 0.6 is 0 Å². The number of hydrogen-bond acceptors (Lipinski definition) is 4. The van der Waals surface area contributed by atoms with Gasteiger partial charge in [0.1, 0.15) is 5.82 Å². The molecule has 0 aliphatic carbocycles. The highest BCUT2D eigenvalue weighted by atomic mass is 19.1. The molecular weight excluding hydrogens is 443 g/mol. The molecule has 2 aliphatic heterocycles. The summed E-state index contributed by atoms with van der Waals surface area (Å²) in [4.78, 5) is 29.7. The summed E-state index contributed by atoms with van der Waals surface area (Å²) in [5.41, 5.74) is 4.76. The van der Waals surface area contributed by atoms with Crippen molar-refractivity contribution in [2.75, 3.05) is 43.9 Å². The Morgan fingerprint density at radius 3 is 2.40 bits per heavy atom. The van der Waals surface area contributed by atoms with Crippen molar-refractivity contribution in [3.63, 3.8) is 0 Å². The van der Waals surface area contributed by atoms with Crippen LogP contribution in [0.5, 0.6) is 0 Å². The summed E-state index contributed by atoms with van der Waals surface area (Å²) < 4.78 is 13.7. The molecule has 0 radical (unpaired) electrons. The van der Waals surface area contributed by atoms with E-state index in [2.05, 4.69) is 22.6 Å². The van der Waals surface area contributed by atoms with Crippen LogP contribution in [0.1, 0.15) is 16.7 Å². The predicted octanol–water partition coefficient (Wildman–Crippen LogP) is 4.07. The molecule has 5 rings (SSSR count). The molecule has 3 aromatic carbocycles. The molecule has 0 saturated carbocycles. The third kappa shape index (κ3) is 4.95. The Kier molecular flexibility index (Phi) is 6.33. The summed E-state index contributed by atoms with van der Waals surface area (Å²) in [6.07, 6.45) is 0.359. The van der Waals surface area contributed by atoms with Crippen LogP contribution in [0, 0.1) is 5.82 Å². The first kappa shape index (κ1) is 22.8. The van der Waals surface area contributed by atoms with Gasteiger partial charge >= 0.3 is 0 Å². The fraction of sp³-hybridized carbons (Fsp3) is 0.214. The number of piperazine rings is 1. The quantitative estimate of drug-likeness (QED) is 0.552. The fourth-order valence-electron chi connectivity index (χ4n) is 4.47. The monoisotopic (exact) mass is 470 g/mol. The molecule has 0 aromatic heterocycles. The number of likely N-dealkylation sites (N-methyl/N-ethyl adjacent to an activating group) is 1. The number of fused-ring (bicyclic) bond motifs is 1. The summed E-state index contributed by atoms with van der Waals surface area (Å²) >= 11 is 0. The van der Waals surface area contributed by atoms with Gasteiger partial charge in [0, 0.05) is 37.4 Å². The van der Waals surface area contributed by atoms with E-state index in [1.54, 1.807) is 6.07 Å². The molecule has 3 aromatic rings. The van der Waals surface area contributed by atoms with Crippen molar-refractivity contribution in [3.05, 3.63) is 95.3 Å². The summed E-state index contributed by atoms with van der Waals surface area (Å²) in [5.74, 6) is -0.551. The van der Waals surface area contributed by atoms with E-state index < -0.39 is 5.82 Å². The molecule has 2 heterocycles. The van der Waals surface area contributed by atoms with Gasteiger partial charge in [0.2, 0.25) is 5.91 Å². The third-order valence-electron chi connectivity index (χ3n) is 6.47. The van der Waals surface area contributed by atoms with Crippen molar-refractivity contribution in [3.8, 4) is 0 Å². The number of amides is 2. The van der Waals surface area contributed by atoms with Gasteiger partial charge < -0.3 is 20.4 Å². The minimum absolute atomic E-state index is 0.136. The summed E-state index contributed by atoms with van der Waals surface area (Å²) in [5, 5.41) is 6.16. The highest BCUT2D eigenvalue weighted by Gasteiger charge is 2.29. The number of carbonyl (C=O) groups excluding carboxylic acids is 2. The second kappa shape index (κ2) is 9.72. The average Bonchev–Trinajstić information content (AvgIpc) is 3.19. The fourth-order valence-corrected chi connectivity index (χ4v) is 4.47. The lowest BCUT2D eigenvalue weighted by molar-refractivity contribution is -0.132. The van der Waals surface area contributed by atoms with E-state index >= 15 is 0 Å². The Bertz CT molecular complexity index is 1280. The van der Waals surface area contributed by atoms with Crippen LogP contribution in [0.3, 0.4) is 0 Å². The van der Waals surface area contributed by atoms with Crippen molar-refractivity contribution in [2.24, 2.45) is 0 Å². The summed E-state index contributed by atoms with van der Waals surface area (Å²) in [7, 11) is 2.07. The molecule has 0 atom stereocenters. The normalized spacial score (nSPS) is 17.1. The Balaban J connectivity index is 1.40. The number of carbonyl (C=O) groups is 2. The number of benzene rings is 3. The van der Waals surface area contributed by atoms with E-state index in [1.165, 1.54) is 12.1 Å². The Hall–Kier alpha value is -3.97. The first-order valence-electron chi connectivity index (χ1n) is 11.7. The van der Waals surface area contributed by atoms with Gasteiger partial charge in [-0.2, -0.15) is 0 Å². The molecule has 35 heavy (non-hydrogen) atoms. The van der Waals surface area contributed by atoms with Gasteiger partial charge in [-0.25, -0.2) is 4.39 Å². The SMILES string of the molecule is CN1CCN(C(=O)Cc2ccc(NC(=C3C(=O)Nc4cc(F)ccc43)c3ccccc3)cc2)CC1. The van der Waals surface area contributed by atoms with Gasteiger partial charge in [-0.1, -0.05) is 42.5 Å². The molecule has 0 unspecified atom stereocenters. The predicted molar refractivity (Wildman–Crippen MR) is 136 cm³/mol. The van der Waals surface area contributed by atoms with Crippen LogP contribution in [0.2, 0.25) is 0 Å². The molecule has 0 spiro atoms. The van der Waals surface area contributed by atoms with E-state index in [0.29, 0.717) is 28.9 Å². The van der Waals surface area contributed by atoms with Gasteiger partial charge in [-0.15, -0.1) is 0 Å². The maximum atomic E-state index is 13.7. The molecule has 0 bridgehead atoms. The van der Waals surface area contributed by atoms with Crippen LogP contribution in [-0.4, -0.2) is 54.8 Å². The first-order valence-corrected chi connectivity index (χ1v) is 11.7. The largest absolute Gasteiger partial charge is 0.354 e. The highest BCUT2D eigenvalue weighted by Crippen LogP contribution is 2.37. The van der Waals surface area contributed by atoms with Gasteiger partial charge in [-0.3, -0.25) is 9.59 Å². The molecule has 6 nitrogen and oxygen atoms in total. The Morgan fingerprint density at radius 1 is 0.971 bits per heavy atom. The van der Waals surface area contributed by atoms with E-state index in [-0.39, 0.29) is 11.8 Å². The van der Waals surface area contributed by atoms with E-state index in [9.17, 15) is 14.0 Å². The number of hydrogen-bond donors (Lipinski definition) is 2. The summed E-state index contributed by atoms with van der Waals surface area (Å²) in [6, 6.07) is 21.6.